The Morgan fingerprint density at radius 2 is 2.13 bits per heavy atom. The lowest BCUT2D eigenvalue weighted by Gasteiger charge is -2.24. The van der Waals surface area contributed by atoms with Gasteiger partial charge in [0, 0.05) is 25.0 Å². The third-order valence-corrected chi connectivity index (χ3v) is 4.95. The van der Waals surface area contributed by atoms with Gasteiger partial charge in [-0.3, -0.25) is 9.59 Å². The van der Waals surface area contributed by atoms with Crippen LogP contribution in [0.15, 0.2) is 12.5 Å². The summed E-state index contributed by atoms with van der Waals surface area (Å²) in [7, 11) is 1.82. The van der Waals surface area contributed by atoms with Crippen molar-refractivity contribution in [2.75, 3.05) is 11.6 Å². The number of rotatable bonds is 6. The molecule has 1 aromatic rings. The topological polar surface area (TPSA) is 67.2 Å². The highest BCUT2D eigenvalue weighted by molar-refractivity contribution is 7.99. The Hall–Kier alpha value is -1.50. The molecular weight excluding hydrogens is 312 g/mol. The number of aromatic nitrogens is 2. The fourth-order valence-electron chi connectivity index (χ4n) is 2.52. The molecule has 0 aliphatic carbocycles. The monoisotopic (exact) mass is 338 g/mol. The maximum atomic E-state index is 12.5. The highest BCUT2D eigenvalue weighted by Crippen LogP contribution is 2.23. The van der Waals surface area contributed by atoms with Crippen LogP contribution in [0.25, 0.3) is 0 Å². The SMILES string of the molecule is CC(C)CC[C@H](C)NC(=O)[C@H]1CSCN1C(=O)c1cn(C)cn1. The molecule has 2 rings (SSSR count). The van der Waals surface area contributed by atoms with E-state index in [-0.39, 0.29) is 17.9 Å². The minimum Gasteiger partial charge on any atom is -0.352 e. The van der Waals surface area contributed by atoms with Gasteiger partial charge in [0.25, 0.3) is 5.91 Å². The number of nitrogens with zero attached hydrogens (tertiary/aromatic N) is 3. The summed E-state index contributed by atoms with van der Waals surface area (Å²) in [4.78, 5) is 30.8. The fraction of sp³-hybridized carbons (Fsp3) is 0.688. The first-order valence-corrected chi connectivity index (χ1v) is 9.21. The summed E-state index contributed by atoms with van der Waals surface area (Å²) in [6, 6.07) is -0.279. The number of imidazole rings is 1. The van der Waals surface area contributed by atoms with Gasteiger partial charge in [0.1, 0.15) is 11.7 Å². The molecule has 0 aromatic carbocycles. The molecule has 2 heterocycles. The molecule has 2 amide bonds. The van der Waals surface area contributed by atoms with E-state index < -0.39 is 6.04 Å². The van der Waals surface area contributed by atoms with E-state index in [2.05, 4.69) is 24.1 Å². The number of aryl methyl sites for hydroxylation is 1. The Morgan fingerprint density at radius 1 is 1.39 bits per heavy atom. The quantitative estimate of drug-likeness (QED) is 0.860. The Bertz CT molecular complexity index is 558. The van der Waals surface area contributed by atoms with Gasteiger partial charge in [0.2, 0.25) is 5.91 Å². The minimum atomic E-state index is -0.406. The summed E-state index contributed by atoms with van der Waals surface area (Å²) < 4.78 is 1.74. The van der Waals surface area contributed by atoms with Crippen molar-refractivity contribution in [3.63, 3.8) is 0 Å². The third kappa shape index (κ3) is 4.73. The number of hydrogen-bond acceptors (Lipinski definition) is 4. The predicted octanol–water partition coefficient (Wildman–Crippen LogP) is 1.88. The molecule has 1 aliphatic heterocycles. The van der Waals surface area contributed by atoms with Crippen LogP contribution in [0.1, 0.15) is 44.1 Å². The van der Waals surface area contributed by atoms with Crippen LogP contribution < -0.4 is 5.32 Å². The second kappa shape index (κ2) is 7.86. The van der Waals surface area contributed by atoms with Crippen molar-refractivity contribution in [3.05, 3.63) is 18.2 Å². The maximum absolute atomic E-state index is 12.5. The molecule has 1 aromatic heterocycles. The molecule has 1 saturated heterocycles. The van der Waals surface area contributed by atoms with Crippen LogP contribution in [-0.4, -0.2) is 50.0 Å². The van der Waals surface area contributed by atoms with Crippen molar-refractivity contribution in [1.82, 2.24) is 19.8 Å². The highest BCUT2D eigenvalue weighted by Gasteiger charge is 2.36. The van der Waals surface area contributed by atoms with Crippen molar-refractivity contribution >= 4 is 23.6 Å². The second-order valence-electron chi connectivity index (χ2n) is 6.60. The molecule has 128 valence electrons. The van der Waals surface area contributed by atoms with Crippen LogP contribution in [-0.2, 0) is 11.8 Å². The molecule has 0 bridgehead atoms. The molecule has 0 radical (unpaired) electrons. The van der Waals surface area contributed by atoms with Crippen LogP contribution in [0.2, 0.25) is 0 Å². The number of amides is 2. The van der Waals surface area contributed by atoms with Crippen molar-refractivity contribution in [2.45, 2.75) is 45.7 Å². The molecule has 1 fully saturated rings. The molecule has 7 heteroatoms. The zero-order valence-electron chi connectivity index (χ0n) is 14.3. The van der Waals surface area contributed by atoms with Crippen LogP contribution in [0.4, 0.5) is 0 Å². The molecule has 23 heavy (non-hydrogen) atoms. The normalized spacial score (nSPS) is 19.2. The number of carbonyl (C=O) groups excluding carboxylic acids is 2. The van der Waals surface area contributed by atoms with Crippen LogP contribution in [0.5, 0.6) is 0 Å². The van der Waals surface area contributed by atoms with Gasteiger partial charge >= 0.3 is 0 Å². The summed E-state index contributed by atoms with van der Waals surface area (Å²) in [5, 5.41) is 3.05. The van der Waals surface area contributed by atoms with Gasteiger partial charge in [-0.1, -0.05) is 13.8 Å². The van der Waals surface area contributed by atoms with E-state index >= 15 is 0 Å². The summed E-state index contributed by atoms with van der Waals surface area (Å²) in [6.07, 6.45) is 5.32. The molecular formula is C16H26N4O2S. The van der Waals surface area contributed by atoms with Crippen LogP contribution in [0.3, 0.4) is 0 Å². The molecule has 0 spiro atoms. The lowest BCUT2D eigenvalue weighted by Crippen LogP contribution is -2.49. The fourth-order valence-corrected chi connectivity index (χ4v) is 3.68. The Labute approximate surface area is 142 Å². The van der Waals surface area contributed by atoms with Crippen molar-refractivity contribution < 1.29 is 9.59 Å². The van der Waals surface area contributed by atoms with E-state index in [0.29, 0.717) is 23.2 Å². The van der Waals surface area contributed by atoms with Crippen molar-refractivity contribution in [3.8, 4) is 0 Å². The van der Waals surface area contributed by atoms with E-state index in [1.165, 1.54) is 0 Å². The number of hydrogen-bond donors (Lipinski definition) is 1. The van der Waals surface area contributed by atoms with Crippen molar-refractivity contribution in [2.24, 2.45) is 13.0 Å². The smallest absolute Gasteiger partial charge is 0.275 e. The molecule has 1 N–H and O–H groups in total. The number of carbonyl (C=O) groups is 2. The van der Waals surface area contributed by atoms with Gasteiger partial charge in [-0.2, -0.15) is 0 Å². The first-order chi connectivity index (χ1) is 10.9. The summed E-state index contributed by atoms with van der Waals surface area (Å²) in [5.41, 5.74) is 0.389. The Morgan fingerprint density at radius 3 is 2.74 bits per heavy atom. The average Bonchev–Trinajstić information content (AvgIpc) is 3.13. The molecule has 1 aliphatic rings. The first kappa shape index (κ1) is 17.8. The molecule has 6 nitrogen and oxygen atoms in total. The third-order valence-electron chi connectivity index (χ3n) is 3.94. The van der Waals surface area contributed by atoms with E-state index in [0.717, 1.165) is 12.8 Å². The predicted molar refractivity (Wildman–Crippen MR) is 92.2 cm³/mol. The lowest BCUT2D eigenvalue weighted by atomic mass is 10.0. The molecule has 2 atom stereocenters. The van der Waals surface area contributed by atoms with E-state index in [4.69, 9.17) is 0 Å². The first-order valence-electron chi connectivity index (χ1n) is 8.05. The summed E-state index contributed by atoms with van der Waals surface area (Å²) in [6.45, 7) is 6.37. The molecule has 0 unspecified atom stereocenters. The van der Waals surface area contributed by atoms with Crippen LogP contribution >= 0.6 is 11.8 Å². The number of nitrogens with one attached hydrogen (secondary N) is 1. The number of thioether (sulfide) groups is 1. The van der Waals surface area contributed by atoms with Crippen molar-refractivity contribution in [1.29, 1.82) is 0 Å². The van der Waals surface area contributed by atoms with Gasteiger partial charge in [0.05, 0.1) is 12.2 Å². The van der Waals surface area contributed by atoms with Crippen LogP contribution in [0, 0.1) is 5.92 Å². The zero-order valence-corrected chi connectivity index (χ0v) is 15.1. The Balaban J connectivity index is 1.95. The maximum Gasteiger partial charge on any atom is 0.275 e. The standard InChI is InChI=1S/C16H26N4O2S/c1-11(2)5-6-12(3)18-15(21)14-8-23-10-20(14)16(22)13-7-19(4)9-17-13/h7,9,11-12,14H,5-6,8,10H2,1-4H3,(H,18,21)/t12-,14+/m0/s1. The lowest BCUT2D eigenvalue weighted by molar-refractivity contribution is -0.125. The van der Waals surface area contributed by atoms with Gasteiger partial charge < -0.3 is 14.8 Å². The summed E-state index contributed by atoms with van der Waals surface area (Å²) in [5.74, 6) is 1.56. The van der Waals surface area contributed by atoms with E-state index in [9.17, 15) is 9.59 Å². The van der Waals surface area contributed by atoms with Gasteiger partial charge in [-0.05, 0) is 25.7 Å². The highest BCUT2D eigenvalue weighted by atomic mass is 32.2. The van der Waals surface area contributed by atoms with E-state index in [1.54, 1.807) is 33.8 Å². The van der Waals surface area contributed by atoms with E-state index in [1.807, 2.05) is 14.0 Å². The second-order valence-corrected chi connectivity index (χ2v) is 7.60. The average molecular weight is 338 g/mol. The minimum absolute atomic E-state index is 0.0597. The summed E-state index contributed by atoms with van der Waals surface area (Å²) >= 11 is 1.60. The Kier molecular flexibility index (Phi) is 6.10. The zero-order chi connectivity index (χ0) is 17.0. The molecule has 0 saturated carbocycles. The van der Waals surface area contributed by atoms with Gasteiger partial charge in [-0.15, -0.1) is 11.8 Å². The van der Waals surface area contributed by atoms with Gasteiger partial charge in [-0.25, -0.2) is 4.98 Å². The van der Waals surface area contributed by atoms with Gasteiger partial charge in [0.15, 0.2) is 0 Å². The largest absolute Gasteiger partial charge is 0.352 e.